The maximum absolute atomic E-state index is 12.9. The summed E-state index contributed by atoms with van der Waals surface area (Å²) in [6.07, 6.45) is -0.352. The van der Waals surface area contributed by atoms with Crippen LogP contribution in [0, 0.1) is 5.92 Å². The second kappa shape index (κ2) is 10.1. The number of hydrogen-bond donors (Lipinski definition) is 1. The molecular weight excluding hydrogens is 404 g/mol. The second-order valence-electron chi connectivity index (χ2n) is 7.06. The number of carbonyl (C=O) groups is 3. The Morgan fingerprint density at radius 3 is 2.29 bits per heavy atom. The highest BCUT2D eigenvalue weighted by atomic mass is 16.6. The minimum Gasteiger partial charge on any atom is -0.497 e. The van der Waals surface area contributed by atoms with E-state index >= 15 is 0 Å². The van der Waals surface area contributed by atoms with E-state index in [1.165, 1.54) is 0 Å². The van der Waals surface area contributed by atoms with E-state index < -0.39 is 23.8 Å². The van der Waals surface area contributed by atoms with Gasteiger partial charge >= 0.3 is 12.1 Å². The average molecular weight is 432 g/mol. The summed E-state index contributed by atoms with van der Waals surface area (Å²) in [6.45, 7) is 5.81. The number of piperazine rings is 1. The molecule has 1 aromatic carbocycles. The number of methoxy groups -OCH3 is 1. The van der Waals surface area contributed by atoms with E-state index in [2.05, 4.69) is 5.32 Å². The number of rotatable bonds is 5. The molecule has 10 heteroatoms. The molecule has 0 unspecified atom stereocenters. The van der Waals surface area contributed by atoms with Gasteiger partial charge in [-0.1, -0.05) is 12.1 Å². The summed E-state index contributed by atoms with van der Waals surface area (Å²) in [6, 6.07) is 6.37. The molecule has 3 rings (SSSR count). The molecule has 0 spiro atoms. The van der Waals surface area contributed by atoms with Gasteiger partial charge in [-0.3, -0.25) is 14.9 Å². The van der Waals surface area contributed by atoms with Gasteiger partial charge in [-0.2, -0.15) is 0 Å². The summed E-state index contributed by atoms with van der Waals surface area (Å²) in [5, 5.41) is 2.74. The summed E-state index contributed by atoms with van der Waals surface area (Å²) < 4.78 is 15.4. The Hall–Kier alpha value is -3.30. The fourth-order valence-corrected chi connectivity index (χ4v) is 3.58. The van der Waals surface area contributed by atoms with Crippen molar-refractivity contribution in [3.05, 3.63) is 29.8 Å². The normalized spacial score (nSPS) is 21.1. The zero-order chi connectivity index (χ0) is 22.4. The number of carbonyl (C=O) groups excluding carboxylic acids is 3. The molecule has 0 aliphatic carbocycles. The summed E-state index contributed by atoms with van der Waals surface area (Å²) in [4.78, 5) is 45.6. The van der Waals surface area contributed by atoms with Crippen LogP contribution in [0.4, 0.5) is 4.79 Å². The van der Waals surface area contributed by atoms with Crippen LogP contribution in [0.1, 0.15) is 25.5 Å². The van der Waals surface area contributed by atoms with Gasteiger partial charge in [0.15, 0.2) is 5.92 Å². The highest BCUT2D eigenvalue weighted by molar-refractivity contribution is 6.08. The molecule has 10 nitrogen and oxygen atoms in total. The highest BCUT2D eigenvalue weighted by Crippen LogP contribution is 2.32. The fraction of sp³-hybridized carbons (Fsp3) is 0.524. The van der Waals surface area contributed by atoms with E-state index in [-0.39, 0.29) is 12.7 Å². The molecule has 1 fully saturated rings. The number of nitrogens with zero attached hydrogens (tertiary/aromatic N) is 3. The minimum absolute atomic E-state index is 0.171. The Morgan fingerprint density at radius 1 is 1.06 bits per heavy atom. The van der Waals surface area contributed by atoms with Crippen LogP contribution in [0.15, 0.2) is 29.3 Å². The van der Waals surface area contributed by atoms with Crippen LogP contribution < -0.4 is 10.1 Å². The number of aliphatic imine (C=N–C) groups is 1. The van der Waals surface area contributed by atoms with Crippen LogP contribution >= 0.6 is 0 Å². The van der Waals surface area contributed by atoms with Crippen molar-refractivity contribution in [1.82, 2.24) is 15.1 Å². The second-order valence-corrected chi connectivity index (χ2v) is 7.06. The summed E-state index contributed by atoms with van der Waals surface area (Å²) in [7, 11) is 1.57. The quantitative estimate of drug-likeness (QED) is 0.549. The first-order valence-corrected chi connectivity index (χ1v) is 10.3. The SMILES string of the molecule is CCOC(=O)[C@@H]1C(=O)NC(N2CCN(C(=O)OCC)CC2)=N[C@@H]1c1ccc(OC)cc1. The maximum atomic E-state index is 12.9. The lowest BCUT2D eigenvalue weighted by Crippen LogP contribution is -2.58. The fourth-order valence-electron chi connectivity index (χ4n) is 3.58. The molecule has 2 aliphatic heterocycles. The molecule has 1 N–H and O–H groups in total. The van der Waals surface area contributed by atoms with E-state index in [0.29, 0.717) is 50.1 Å². The summed E-state index contributed by atoms with van der Waals surface area (Å²) in [5.41, 5.74) is 0.705. The van der Waals surface area contributed by atoms with Crippen molar-refractivity contribution in [2.45, 2.75) is 19.9 Å². The minimum atomic E-state index is -1.09. The lowest BCUT2D eigenvalue weighted by atomic mass is 9.91. The van der Waals surface area contributed by atoms with Crippen LogP contribution in [0.5, 0.6) is 5.75 Å². The largest absolute Gasteiger partial charge is 0.497 e. The molecule has 31 heavy (non-hydrogen) atoms. The van der Waals surface area contributed by atoms with Crippen molar-refractivity contribution in [3.63, 3.8) is 0 Å². The smallest absolute Gasteiger partial charge is 0.409 e. The highest BCUT2D eigenvalue weighted by Gasteiger charge is 2.42. The number of hydrogen-bond acceptors (Lipinski definition) is 8. The molecule has 2 aliphatic rings. The predicted molar refractivity (Wildman–Crippen MR) is 112 cm³/mol. The Bertz CT molecular complexity index is 833. The van der Waals surface area contributed by atoms with Crippen LogP contribution in [0.25, 0.3) is 0 Å². The Morgan fingerprint density at radius 2 is 1.71 bits per heavy atom. The van der Waals surface area contributed by atoms with Gasteiger partial charge in [-0.15, -0.1) is 0 Å². The van der Waals surface area contributed by atoms with E-state index in [4.69, 9.17) is 19.2 Å². The van der Waals surface area contributed by atoms with Crippen molar-refractivity contribution in [3.8, 4) is 5.75 Å². The monoisotopic (exact) mass is 432 g/mol. The van der Waals surface area contributed by atoms with Crippen molar-refractivity contribution in [2.24, 2.45) is 10.9 Å². The molecule has 1 saturated heterocycles. The van der Waals surface area contributed by atoms with E-state index in [9.17, 15) is 14.4 Å². The number of benzene rings is 1. The standard InChI is InChI=1S/C21H28N4O6/c1-4-30-19(27)16-17(14-6-8-15(29-3)9-7-14)22-20(23-18(16)26)24-10-12-25(13-11-24)21(28)31-5-2/h6-9,16-17H,4-5,10-13H2,1-3H3,(H,22,23,26)/t16-,17+/m0/s1. The average Bonchev–Trinajstić information content (AvgIpc) is 2.79. The molecule has 168 valence electrons. The topological polar surface area (TPSA) is 110 Å². The third kappa shape index (κ3) is 5.07. The summed E-state index contributed by atoms with van der Waals surface area (Å²) in [5.74, 6) is -1.11. The van der Waals surface area contributed by atoms with Gasteiger partial charge in [0.25, 0.3) is 0 Å². The lowest BCUT2D eigenvalue weighted by Gasteiger charge is -2.38. The van der Waals surface area contributed by atoms with Crippen molar-refractivity contribution < 1.29 is 28.6 Å². The maximum Gasteiger partial charge on any atom is 0.409 e. The van der Waals surface area contributed by atoms with Crippen molar-refractivity contribution in [2.75, 3.05) is 46.5 Å². The van der Waals surface area contributed by atoms with Crippen molar-refractivity contribution >= 4 is 23.9 Å². The molecule has 0 aromatic heterocycles. The van der Waals surface area contributed by atoms with Gasteiger partial charge < -0.3 is 24.0 Å². The Kier molecular flexibility index (Phi) is 7.32. The third-order valence-corrected chi connectivity index (χ3v) is 5.20. The zero-order valence-electron chi connectivity index (χ0n) is 18.0. The molecular formula is C21H28N4O6. The van der Waals surface area contributed by atoms with Gasteiger partial charge in [0.1, 0.15) is 11.8 Å². The predicted octanol–water partition coefficient (Wildman–Crippen LogP) is 1.18. The Balaban J connectivity index is 1.83. The molecule has 0 saturated carbocycles. The van der Waals surface area contributed by atoms with E-state index in [1.54, 1.807) is 50.1 Å². The Labute approximate surface area is 181 Å². The van der Waals surface area contributed by atoms with Crippen LogP contribution in [-0.4, -0.2) is 80.2 Å². The van der Waals surface area contributed by atoms with Gasteiger partial charge in [-0.25, -0.2) is 9.79 Å². The first-order chi connectivity index (χ1) is 15.0. The number of ether oxygens (including phenoxy) is 3. The van der Waals surface area contributed by atoms with Gasteiger partial charge in [0.05, 0.1) is 20.3 Å². The molecule has 1 aromatic rings. The molecule has 0 radical (unpaired) electrons. The zero-order valence-corrected chi connectivity index (χ0v) is 18.0. The van der Waals surface area contributed by atoms with Crippen molar-refractivity contribution in [1.29, 1.82) is 0 Å². The van der Waals surface area contributed by atoms with Crippen LogP contribution in [-0.2, 0) is 19.1 Å². The first kappa shape index (κ1) is 22.4. The first-order valence-electron chi connectivity index (χ1n) is 10.3. The van der Waals surface area contributed by atoms with Gasteiger partial charge in [-0.05, 0) is 31.5 Å². The molecule has 2 amide bonds. The van der Waals surface area contributed by atoms with Gasteiger partial charge in [0.2, 0.25) is 11.9 Å². The number of nitrogens with one attached hydrogen (secondary N) is 1. The molecule has 2 atom stereocenters. The molecule has 0 bridgehead atoms. The van der Waals surface area contributed by atoms with Crippen LogP contribution in [0.3, 0.4) is 0 Å². The lowest BCUT2D eigenvalue weighted by molar-refractivity contribution is -0.153. The van der Waals surface area contributed by atoms with Crippen LogP contribution in [0.2, 0.25) is 0 Å². The summed E-state index contributed by atoms with van der Waals surface area (Å²) >= 11 is 0. The number of amides is 2. The number of guanidine groups is 1. The third-order valence-electron chi connectivity index (χ3n) is 5.20. The van der Waals surface area contributed by atoms with Gasteiger partial charge in [0, 0.05) is 26.2 Å². The van der Waals surface area contributed by atoms with E-state index in [0.717, 1.165) is 0 Å². The number of esters is 1. The van der Waals surface area contributed by atoms with E-state index in [1.807, 2.05) is 4.90 Å². The molecule has 2 heterocycles.